The van der Waals surface area contributed by atoms with Gasteiger partial charge in [0, 0.05) is 6.92 Å². The lowest BCUT2D eigenvalue weighted by Crippen LogP contribution is -2.19. The number of alkyl halides is 1. The molecular formula is C8H8ClNO. The van der Waals surface area contributed by atoms with Gasteiger partial charge in [0.2, 0.25) is 5.91 Å². The Bertz CT molecular complexity index is 238. The number of rotatable bonds is 1. The molecule has 0 spiro atoms. The summed E-state index contributed by atoms with van der Waals surface area (Å²) in [5.41, 5.74) is 0. The van der Waals surface area contributed by atoms with E-state index in [1.165, 1.54) is 6.92 Å². The van der Waals surface area contributed by atoms with Gasteiger partial charge in [0.15, 0.2) is 0 Å². The minimum absolute atomic E-state index is 0.0930. The first-order valence-electron chi connectivity index (χ1n) is 3.03. The molecule has 0 rings (SSSR count). The average Bonchev–Trinajstić information content (AvgIpc) is 1.96. The van der Waals surface area contributed by atoms with Gasteiger partial charge in [-0.1, -0.05) is 11.8 Å². The molecular weight excluding hydrogens is 162 g/mol. The summed E-state index contributed by atoms with van der Waals surface area (Å²) in [5.74, 6) is 10.4. The minimum Gasteiger partial charge on any atom is -0.345 e. The molecule has 1 amide bonds. The highest BCUT2D eigenvalue weighted by Gasteiger charge is 1.82. The lowest BCUT2D eigenvalue weighted by atomic mass is 10.5. The van der Waals surface area contributed by atoms with Crippen LogP contribution in [0.5, 0.6) is 0 Å². The topological polar surface area (TPSA) is 29.1 Å². The van der Waals surface area contributed by atoms with Crippen molar-refractivity contribution in [2.24, 2.45) is 0 Å². The normalized spacial score (nSPS) is 6.73. The van der Waals surface area contributed by atoms with Crippen molar-refractivity contribution >= 4 is 17.5 Å². The minimum atomic E-state index is -0.0930. The second-order valence-corrected chi connectivity index (χ2v) is 1.91. The molecule has 1 N–H and O–H groups in total. The number of halogens is 1. The second-order valence-electron chi connectivity index (χ2n) is 1.65. The van der Waals surface area contributed by atoms with E-state index in [9.17, 15) is 4.79 Å². The Balaban J connectivity index is 3.48. The van der Waals surface area contributed by atoms with E-state index in [1.807, 2.05) is 0 Å². The second kappa shape index (κ2) is 6.99. The first-order valence-corrected chi connectivity index (χ1v) is 3.57. The van der Waals surface area contributed by atoms with Crippen LogP contribution in [0.15, 0.2) is 0 Å². The molecule has 0 bridgehead atoms. The molecule has 0 aliphatic rings. The van der Waals surface area contributed by atoms with E-state index in [0.717, 1.165) is 0 Å². The maximum Gasteiger partial charge on any atom is 0.217 e. The van der Waals surface area contributed by atoms with E-state index in [4.69, 9.17) is 11.6 Å². The third kappa shape index (κ3) is 8.88. The average molecular weight is 170 g/mol. The third-order valence-corrected chi connectivity index (χ3v) is 0.865. The monoisotopic (exact) mass is 169 g/mol. The Kier molecular flexibility index (Phi) is 6.28. The van der Waals surface area contributed by atoms with Crippen molar-refractivity contribution in [1.29, 1.82) is 0 Å². The number of hydrogen-bond acceptors (Lipinski definition) is 1. The van der Waals surface area contributed by atoms with Gasteiger partial charge in [-0.3, -0.25) is 4.79 Å². The summed E-state index contributed by atoms with van der Waals surface area (Å²) < 4.78 is 0. The molecule has 0 radical (unpaired) electrons. The van der Waals surface area contributed by atoms with E-state index in [-0.39, 0.29) is 11.8 Å². The van der Waals surface area contributed by atoms with Crippen LogP contribution in [0.25, 0.3) is 0 Å². The summed E-state index contributed by atoms with van der Waals surface area (Å²) in [6, 6.07) is 0. The van der Waals surface area contributed by atoms with Gasteiger partial charge in [0.1, 0.15) is 0 Å². The Morgan fingerprint density at radius 2 is 2.09 bits per heavy atom. The van der Waals surface area contributed by atoms with E-state index >= 15 is 0 Å². The molecule has 58 valence electrons. The number of amides is 1. The predicted octanol–water partition coefficient (Wildman–Crippen LogP) is 0.368. The first kappa shape index (κ1) is 9.88. The number of hydrogen-bond donors (Lipinski definition) is 1. The van der Waals surface area contributed by atoms with Gasteiger partial charge in [-0.15, -0.1) is 11.6 Å². The van der Waals surface area contributed by atoms with Crippen LogP contribution < -0.4 is 5.32 Å². The lowest BCUT2D eigenvalue weighted by Gasteiger charge is -1.89. The Morgan fingerprint density at radius 1 is 1.45 bits per heavy atom. The van der Waals surface area contributed by atoms with Gasteiger partial charge in [-0.2, -0.15) is 0 Å². The summed E-state index contributed by atoms with van der Waals surface area (Å²) in [5, 5.41) is 2.51. The van der Waals surface area contributed by atoms with Crippen LogP contribution in [0.2, 0.25) is 0 Å². The van der Waals surface area contributed by atoms with Gasteiger partial charge in [-0.25, -0.2) is 0 Å². The fourth-order valence-corrected chi connectivity index (χ4v) is 0.401. The van der Waals surface area contributed by atoms with E-state index in [2.05, 4.69) is 29.0 Å². The zero-order valence-electron chi connectivity index (χ0n) is 6.20. The summed E-state index contributed by atoms with van der Waals surface area (Å²) >= 11 is 5.25. The molecule has 0 aliphatic carbocycles. The standard InChI is InChI=1S/C8H8ClNO/c1-8(11)10-7-5-3-2-4-6-9/h6-7H2,1H3,(H,10,11). The third-order valence-electron chi connectivity index (χ3n) is 0.732. The quantitative estimate of drug-likeness (QED) is 0.446. The van der Waals surface area contributed by atoms with Gasteiger partial charge >= 0.3 is 0 Å². The molecule has 0 aromatic rings. The molecule has 0 saturated carbocycles. The Hall–Kier alpha value is -1.12. The van der Waals surface area contributed by atoms with Crippen LogP contribution in [0.4, 0.5) is 0 Å². The van der Waals surface area contributed by atoms with Gasteiger partial charge in [0.05, 0.1) is 12.4 Å². The van der Waals surface area contributed by atoms with Crippen LogP contribution in [-0.4, -0.2) is 18.3 Å². The van der Waals surface area contributed by atoms with Crippen molar-refractivity contribution in [3.05, 3.63) is 0 Å². The van der Waals surface area contributed by atoms with Crippen molar-refractivity contribution < 1.29 is 4.79 Å². The predicted molar refractivity (Wildman–Crippen MR) is 45.0 cm³/mol. The number of nitrogens with one attached hydrogen (secondary N) is 1. The maximum absolute atomic E-state index is 10.3. The molecule has 0 aromatic heterocycles. The largest absolute Gasteiger partial charge is 0.345 e. The lowest BCUT2D eigenvalue weighted by molar-refractivity contribution is -0.118. The molecule has 0 fully saturated rings. The number of carbonyl (C=O) groups excluding carboxylic acids is 1. The molecule has 3 heteroatoms. The van der Waals surface area contributed by atoms with Crippen LogP contribution in [0.1, 0.15) is 6.92 Å². The molecule has 0 unspecified atom stereocenters. The molecule has 0 saturated heterocycles. The fraction of sp³-hybridized carbons (Fsp3) is 0.375. The highest BCUT2D eigenvalue weighted by Crippen LogP contribution is 1.65. The molecule has 0 aliphatic heterocycles. The SMILES string of the molecule is CC(=O)NCC#CC#CCCl. The Morgan fingerprint density at radius 3 is 2.64 bits per heavy atom. The van der Waals surface area contributed by atoms with Crippen molar-refractivity contribution in [3.8, 4) is 23.7 Å². The zero-order valence-corrected chi connectivity index (χ0v) is 6.96. The van der Waals surface area contributed by atoms with Crippen LogP contribution >= 0.6 is 11.6 Å². The van der Waals surface area contributed by atoms with Crippen LogP contribution in [0.3, 0.4) is 0 Å². The zero-order chi connectivity index (χ0) is 8.53. The van der Waals surface area contributed by atoms with Crippen molar-refractivity contribution in [1.82, 2.24) is 5.32 Å². The van der Waals surface area contributed by atoms with Gasteiger partial charge in [-0.05, 0) is 11.8 Å². The van der Waals surface area contributed by atoms with Gasteiger partial charge < -0.3 is 5.32 Å². The molecule has 0 atom stereocenters. The molecule has 2 nitrogen and oxygen atoms in total. The van der Waals surface area contributed by atoms with E-state index < -0.39 is 0 Å². The molecule has 11 heavy (non-hydrogen) atoms. The Labute approximate surface area is 71.3 Å². The van der Waals surface area contributed by atoms with E-state index in [0.29, 0.717) is 6.54 Å². The van der Waals surface area contributed by atoms with Gasteiger partial charge in [0.25, 0.3) is 0 Å². The fourth-order valence-electron chi connectivity index (χ4n) is 0.335. The maximum atomic E-state index is 10.3. The van der Waals surface area contributed by atoms with Crippen molar-refractivity contribution in [2.75, 3.05) is 12.4 Å². The van der Waals surface area contributed by atoms with Crippen molar-refractivity contribution in [3.63, 3.8) is 0 Å². The smallest absolute Gasteiger partial charge is 0.217 e. The highest BCUT2D eigenvalue weighted by molar-refractivity contribution is 6.19. The summed E-state index contributed by atoms with van der Waals surface area (Å²) in [6.07, 6.45) is 0. The summed E-state index contributed by atoms with van der Waals surface area (Å²) in [6.45, 7) is 1.78. The molecule has 0 aromatic carbocycles. The van der Waals surface area contributed by atoms with Crippen LogP contribution in [-0.2, 0) is 4.79 Å². The molecule has 0 heterocycles. The highest BCUT2D eigenvalue weighted by atomic mass is 35.5. The van der Waals surface area contributed by atoms with E-state index in [1.54, 1.807) is 0 Å². The number of carbonyl (C=O) groups is 1. The summed E-state index contributed by atoms with van der Waals surface area (Å²) in [7, 11) is 0. The summed E-state index contributed by atoms with van der Waals surface area (Å²) in [4.78, 5) is 10.3. The van der Waals surface area contributed by atoms with Crippen molar-refractivity contribution in [2.45, 2.75) is 6.92 Å². The van der Waals surface area contributed by atoms with Crippen LogP contribution in [0, 0.1) is 23.7 Å². The first-order chi connectivity index (χ1) is 5.27.